The fourth-order valence-electron chi connectivity index (χ4n) is 3.48. The summed E-state index contributed by atoms with van der Waals surface area (Å²) < 4.78 is 0. The second-order valence-electron chi connectivity index (χ2n) is 7.84. The Morgan fingerprint density at radius 3 is 2.66 bits per heavy atom. The number of carbonyl (C=O) groups is 1. The van der Waals surface area contributed by atoms with Gasteiger partial charge in [0.15, 0.2) is 0 Å². The highest BCUT2D eigenvalue weighted by Crippen LogP contribution is 2.35. The number of piperazine rings is 1. The van der Waals surface area contributed by atoms with E-state index in [2.05, 4.69) is 34.4 Å². The molecular formula is C22H30ClN5O. The zero-order valence-electron chi connectivity index (χ0n) is 17.6. The molecule has 1 amide bonds. The number of carbonyl (C=O) groups excluding carboxylic acids is 1. The number of amides is 1. The molecule has 0 radical (unpaired) electrons. The lowest BCUT2D eigenvalue weighted by molar-refractivity contribution is -0.119. The van der Waals surface area contributed by atoms with E-state index >= 15 is 0 Å². The molecule has 0 aromatic carbocycles. The monoisotopic (exact) mass is 415 g/mol. The Hall–Kier alpha value is -2.18. The van der Waals surface area contributed by atoms with Crippen LogP contribution in [-0.4, -0.2) is 42.1 Å². The van der Waals surface area contributed by atoms with Crippen LogP contribution >= 0.6 is 11.6 Å². The fourth-order valence-corrected chi connectivity index (χ4v) is 3.68. The molecule has 29 heavy (non-hydrogen) atoms. The van der Waals surface area contributed by atoms with Gasteiger partial charge in [-0.05, 0) is 30.5 Å². The third-order valence-electron chi connectivity index (χ3n) is 5.36. The summed E-state index contributed by atoms with van der Waals surface area (Å²) in [4.78, 5) is 24.1. The fraction of sp³-hybridized carbons (Fsp3) is 0.500. The van der Waals surface area contributed by atoms with E-state index in [1.165, 1.54) is 0 Å². The number of aromatic nitrogens is 2. The molecule has 1 aliphatic heterocycles. The Labute approximate surface area is 178 Å². The molecule has 7 heteroatoms. The van der Waals surface area contributed by atoms with Gasteiger partial charge in [-0.3, -0.25) is 4.79 Å². The lowest BCUT2D eigenvalue weighted by atomic mass is 9.95. The van der Waals surface area contributed by atoms with Crippen molar-refractivity contribution in [3.8, 4) is 11.3 Å². The van der Waals surface area contributed by atoms with E-state index < -0.39 is 0 Å². The summed E-state index contributed by atoms with van der Waals surface area (Å²) >= 11 is 6.47. The first-order valence-corrected chi connectivity index (χ1v) is 10.7. The van der Waals surface area contributed by atoms with Crippen molar-refractivity contribution in [2.24, 2.45) is 5.92 Å². The standard InChI is InChI=1S/C22H30ClN5O/c1-5-15(4)22(29)27-21-20(14(2)3)17(6-7-25-21)18-12-16(23)13-19(26-18)28-10-8-24-9-11-28/h6-7,12-15,24H,5,8-11H2,1-4H3,(H,25,27,29). The van der Waals surface area contributed by atoms with Crippen LogP contribution < -0.4 is 15.5 Å². The SMILES string of the molecule is CCC(C)C(=O)Nc1nccc(-c2cc(Cl)cc(N3CCNCC3)n2)c1C(C)C. The van der Waals surface area contributed by atoms with Gasteiger partial charge in [0.1, 0.15) is 11.6 Å². The maximum Gasteiger partial charge on any atom is 0.228 e. The molecule has 3 rings (SSSR count). The molecule has 0 saturated carbocycles. The number of anilines is 2. The Morgan fingerprint density at radius 1 is 1.28 bits per heavy atom. The molecule has 0 bridgehead atoms. The Morgan fingerprint density at radius 2 is 2.00 bits per heavy atom. The molecule has 156 valence electrons. The molecule has 2 aromatic heterocycles. The highest BCUT2D eigenvalue weighted by Gasteiger charge is 2.21. The van der Waals surface area contributed by atoms with Crippen LogP contribution in [0.2, 0.25) is 5.02 Å². The molecule has 1 saturated heterocycles. The second kappa shape index (κ2) is 9.55. The smallest absolute Gasteiger partial charge is 0.228 e. The number of hydrogen-bond donors (Lipinski definition) is 2. The second-order valence-corrected chi connectivity index (χ2v) is 8.28. The van der Waals surface area contributed by atoms with Crippen molar-refractivity contribution in [1.29, 1.82) is 0 Å². The average molecular weight is 416 g/mol. The van der Waals surface area contributed by atoms with Crippen LogP contribution in [0, 0.1) is 5.92 Å². The predicted molar refractivity (Wildman–Crippen MR) is 120 cm³/mol. The molecule has 6 nitrogen and oxygen atoms in total. The number of halogens is 1. The van der Waals surface area contributed by atoms with E-state index in [0.717, 1.165) is 55.2 Å². The summed E-state index contributed by atoms with van der Waals surface area (Å²) in [5.41, 5.74) is 2.73. The summed E-state index contributed by atoms with van der Waals surface area (Å²) in [6.45, 7) is 11.8. The average Bonchev–Trinajstić information content (AvgIpc) is 2.72. The van der Waals surface area contributed by atoms with Gasteiger partial charge < -0.3 is 15.5 Å². The van der Waals surface area contributed by atoms with Crippen LogP contribution in [0.3, 0.4) is 0 Å². The van der Waals surface area contributed by atoms with Crippen molar-refractivity contribution in [3.63, 3.8) is 0 Å². The number of pyridine rings is 2. The van der Waals surface area contributed by atoms with Crippen molar-refractivity contribution in [1.82, 2.24) is 15.3 Å². The van der Waals surface area contributed by atoms with Gasteiger partial charge in [0.05, 0.1) is 5.69 Å². The van der Waals surface area contributed by atoms with E-state index in [9.17, 15) is 4.79 Å². The van der Waals surface area contributed by atoms with Crippen LogP contribution in [0.1, 0.15) is 45.6 Å². The first kappa shape index (κ1) is 21.5. The summed E-state index contributed by atoms with van der Waals surface area (Å²) in [6.07, 6.45) is 2.51. The molecule has 2 N–H and O–H groups in total. The van der Waals surface area contributed by atoms with Gasteiger partial charge in [-0.15, -0.1) is 0 Å². The molecule has 2 aromatic rings. The Balaban J connectivity index is 2.03. The Kier molecular flexibility index (Phi) is 7.09. The topological polar surface area (TPSA) is 70.2 Å². The minimum Gasteiger partial charge on any atom is -0.354 e. The van der Waals surface area contributed by atoms with Gasteiger partial charge in [-0.2, -0.15) is 0 Å². The largest absolute Gasteiger partial charge is 0.354 e. The third kappa shape index (κ3) is 5.06. The van der Waals surface area contributed by atoms with Gasteiger partial charge in [0.25, 0.3) is 0 Å². The van der Waals surface area contributed by atoms with Gasteiger partial charge in [0.2, 0.25) is 5.91 Å². The Bertz CT molecular complexity index is 864. The lowest BCUT2D eigenvalue weighted by Crippen LogP contribution is -2.43. The van der Waals surface area contributed by atoms with Crippen molar-refractivity contribution in [3.05, 3.63) is 35.0 Å². The number of nitrogens with zero attached hydrogens (tertiary/aromatic N) is 3. The lowest BCUT2D eigenvalue weighted by Gasteiger charge is -2.29. The van der Waals surface area contributed by atoms with Crippen molar-refractivity contribution >= 4 is 29.1 Å². The van der Waals surface area contributed by atoms with Gasteiger partial charge in [0, 0.05) is 54.4 Å². The zero-order chi connectivity index (χ0) is 21.0. The summed E-state index contributed by atoms with van der Waals surface area (Å²) in [5, 5.41) is 7.03. The van der Waals surface area contributed by atoms with Crippen LogP contribution in [0.4, 0.5) is 11.6 Å². The molecule has 1 atom stereocenters. The van der Waals surface area contributed by atoms with Gasteiger partial charge >= 0.3 is 0 Å². The quantitative estimate of drug-likeness (QED) is 0.735. The number of rotatable bonds is 6. The number of hydrogen-bond acceptors (Lipinski definition) is 5. The van der Waals surface area contributed by atoms with E-state index in [1.54, 1.807) is 6.20 Å². The minimum absolute atomic E-state index is 0.0143. The molecule has 1 fully saturated rings. The highest BCUT2D eigenvalue weighted by molar-refractivity contribution is 6.31. The first-order chi connectivity index (χ1) is 13.9. The van der Waals surface area contributed by atoms with Crippen molar-refractivity contribution < 1.29 is 4.79 Å². The molecule has 1 aliphatic rings. The van der Waals surface area contributed by atoms with Gasteiger partial charge in [-0.1, -0.05) is 39.3 Å². The first-order valence-electron chi connectivity index (χ1n) is 10.3. The molecule has 1 unspecified atom stereocenters. The minimum atomic E-state index is -0.0657. The number of nitrogens with one attached hydrogen (secondary N) is 2. The summed E-state index contributed by atoms with van der Waals surface area (Å²) in [5.74, 6) is 1.57. The zero-order valence-corrected chi connectivity index (χ0v) is 18.4. The third-order valence-corrected chi connectivity index (χ3v) is 5.58. The van der Waals surface area contributed by atoms with Crippen LogP contribution in [-0.2, 0) is 4.79 Å². The van der Waals surface area contributed by atoms with Crippen LogP contribution in [0.25, 0.3) is 11.3 Å². The maximum absolute atomic E-state index is 12.5. The van der Waals surface area contributed by atoms with E-state index in [4.69, 9.17) is 16.6 Å². The molecular weight excluding hydrogens is 386 g/mol. The summed E-state index contributed by atoms with van der Waals surface area (Å²) in [7, 11) is 0. The van der Waals surface area contributed by atoms with Crippen molar-refractivity contribution in [2.75, 3.05) is 36.4 Å². The van der Waals surface area contributed by atoms with Gasteiger partial charge in [-0.25, -0.2) is 9.97 Å². The van der Waals surface area contributed by atoms with Crippen LogP contribution in [0.15, 0.2) is 24.4 Å². The summed E-state index contributed by atoms with van der Waals surface area (Å²) in [6, 6.07) is 5.75. The van der Waals surface area contributed by atoms with Crippen LogP contribution in [0.5, 0.6) is 0 Å². The van der Waals surface area contributed by atoms with Crippen molar-refractivity contribution in [2.45, 2.75) is 40.0 Å². The maximum atomic E-state index is 12.5. The normalized spacial score (nSPS) is 15.4. The van der Waals surface area contributed by atoms with E-state index in [-0.39, 0.29) is 17.7 Å². The predicted octanol–water partition coefficient (Wildman–Crippen LogP) is 4.31. The molecule has 0 spiro atoms. The van der Waals surface area contributed by atoms with E-state index in [0.29, 0.717) is 10.8 Å². The highest BCUT2D eigenvalue weighted by atomic mass is 35.5. The van der Waals surface area contributed by atoms with E-state index in [1.807, 2.05) is 32.0 Å². The molecule has 0 aliphatic carbocycles. The molecule has 3 heterocycles.